The van der Waals surface area contributed by atoms with Crippen molar-refractivity contribution in [3.63, 3.8) is 0 Å². The van der Waals surface area contributed by atoms with Gasteiger partial charge in [0.15, 0.2) is 0 Å². The monoisotopic (exact) mass is 274 g/mol. The number of aromatic hydroxyl groups is 1. The molecule has 4 nitrogen and oxygen atoms in total. The molecular weight excluding hydrogens is 260 g/mol. The summed E-state index contributed by atoms with van der Waals surface area (Å²) in [5.74, 6) is -0.436. The van der Waals surface area contributed by atoms with E-state index in [0.717, 1.165) is 5.39 Å². The first-order chi connectivity index (χ1) is 9.00. The van der Waals surface area contributed by atoms with Crippen LogP contribution in [0.4, 0.5) is 0 Å². The van der Waals surface area contributed by atoms with Crippen molar-refractivity contribution < 1.29 is 9.90 Å². The van der Waals surface area contributed by atoms with Gasteiger partial charge in [-0.3, -0.25) is 4.79 Å². The summed E-state index contributed by atoms with van der Waals surface area (Å²) in [6, 6.07) is 10.3. The number of carbonyl (C=O) groups is 1. The van der Waals surface area contributed by atoms with Gasteiger partial charge in [-0.05, 0) is 18.4 Å². The molecule has 1 amide bonds. The van der Waals surface area contributed by atoms with Crippen LogP contribution in [0.3, 0.4) is 0 Å². The highest BCUT2D eigenvalue weighted by Crippen LogP contribution is 2.28. The van der Waals surface area contributed by atoms with E-state index in [2.05, 4.69) is 5.32 Å². The van der Waals surface area contributed by atoms with E-state index < -0.39 is 11.9 Å². The molecule has 4 N–H and O–H groups in total. The van der Waals surface area contributed by atoms with Crippen molar-refractivity contribution >= 4 is 33.9 Å². The van der Waals surface area contributed by atoms with Crippen LogP contribution in [0.15, 0.2) is 36.4 Å². The lowest BCUT2D eigenvalue weighted by molar-refractivity contribution is 0.0947. The molecule has 19 heavy (non-hydrogen) atoms. The average Bonchev–Trinajstić information content (AvgIpc) is 2.39. The molecule has 0 heterocycles. The molecule has 0 saturated heterocycles. The summed E-state index contributed by atoms with van der Waals surface area (Å²) in [5, 5.41) is 14.3. The Labute approximate surface area is 116 Å². The maximum Gasteiger partial charge on any atom is 0.255 e. The summed E-state index contributed by atoms with van der Waals surface area (Å²) >= 11 is 4.80. The van der Waals surface area contributed by atoms with E-state index in [0.29, 0.717) is 5.39 Å². The summed E-state index contributed by atoms with van der Waals surface area (Å²) in [6.45, 7) is 1.69. The number of nitrogens with one attached hydrogen (secondary N) is 1. The lowest BCUT2D eigenvalue weighted by atomic mass is 10.0. The molecule has 0 radical (unpaired) electrons. The van der Waals surface area contributed by atoms with Gasteiger partial charge in [0.1, 0.15) is 5.75 Å². The van der Waals surface area contributed by atoms with Gasteiger partial charge in [-0.2, -0.15) is 0 Å². The van der Waals surface area contributed by atoms with E-state index in [-0.39, 0.29) is 16.3 Å². The van der Waals surface area contributed by atoms with Gasteiger partial charge in [-0.25, -0.2) is 0 Å². The van der Waals surface area contributed by atoms with Gasteiger partial charge in [0.05, 0.1) is 16.6 Å². The molecule has 2 rings (SSSR count). The first-order valence-electron chi connectivity index (χ1n) is 5.81. The van der Waals surface area contributed by atoms with Gasteiger partial charge >= 0.3 is 0 Å². The molecule has 0 aromatic heterocycles. The van der Waals surface area contributed by atoms with Gasteiger partial charge < -0.3 is 16.2 Å². The minimum Gasteiger partial charge on any atom is -0.506 e. The van der Waals surface area contributed by atoms with Crippen molar-refractivity contribution in [2.24, 2.45) is 5.73 Å². The summed E-state index contributed by atoms with van der Waals surface area (Å²) in [4.78, 5) is 12.2. The smallest absolute Gasteiger partial charge is 0.255 e. The minimum absolute atomic E-state index is 0.0364. The molecular formula is C14H14N2O2S. The predicted molar refractivity (Wildman–Crippen MR) is 79.3 cm³/mol. The van der Waals surface area contributed by atoms with E-state index in [1.807, 2.05) is 12.1 Å². The molecule has 98 valence electrons. The Kier molecular flexibility index (Phi) is 3.66. The fourth-order valence-electron chi connectivity index (χ4n) is 1.78. The molecule has 0 aliphatic heterocycles. The third-order valence-corrected chi connectivity index (χ3v) is 3.27. The Hall–Kier alpha value is -2.14. The third-order valence-electron chi connectivity index (χ3n) is 2.92. The maximum absolute atomic E-state index is 12.0. The molecule has 0 spiro atoms. The van der Waals surface area contributed by atoms with E-state index in [1.54, 1.807) is 31.2 Å². The number of hydrogen-bond donors (Lipinski definition) is 3. The second-order valence-corrected chi connectivity index (χ2v) is 4.75. The SMILES string of the molecule is CC(NC(=O)c1ccc2ccccc2c1O)C(N)=S. The number of hydrogen-bond acceptors (Lipinski definition) is 3. The molecule has 1 atom stereocenters. The second kappa shape index (κ2) is 5.24. The van der Waals surface area contributed by atoms with E-state index >= 15 is 0 Å². The quantitative estimate of drug-likeness (QED) is 0.748. The zero-order valence-electron chi connectivity index (χ0n) is 10.4. The van der Waals surface area contributed by atoms with Gasteiger partial charge in [-0.15, -0.1) is 0 Å². The van der Waals surface area contributed by atoms with Gasteiger partial charge in [0.25, 0.3) is 5.91 Å². The molecule has 0 fully saturated rings. The summed E-state index contributed by atoms with van der Waals surface area (Å²) in [6.07, 6.45) is 0. The highest BCUT2D eigenvalue weighted by molar-refractivity contribution is 7.80. The lowest BCUT2D eigenvalue weighted by Crippen LogP contribution is -2.41. The number of fused-ring (bicyclic) bond motifs is 1. The topological polar surface area (TPSA) is 75.3 Å². The van der Waals surface area contributed by atoms with Crippen LogP contribution in [0.5, 0.6) is 5.75 Å². The Morgan fingerprint density at radius 2 is 2.00 bits per heavy atom. The molecule has 0 saturated carbocycles. The number of carbonyl (C=O) groups excluding carboxylic acids is 1. The lowest BCUT2D eigenvalue weighted by Gasteiger charge is -2.13. The number of thiocarbonyl (C=S) groups is 1. The predicted octanol–water partition coefficient (Wildman–Crippen LogP) is 1.95. The Morgan fingerprint density at radius 1 is 1.32 bits per heavy atom. The largest absolute Gasteiger partial charge is 0.506 e. The van der Waals surface area contributed by atoms with Gasteiger partial charge in [-0.1, -0.05) is 42.5 Å². The number of benzene rings is 2. The van der Waals surface area contributed by atoms with Crippen molar-refractivity contribution in [3.05, 3.63) is 42.0 Å². The minimum atomic E-state index is -0.423. The van der Waals surface area contributed by atoms with E-state index in [4.69, 9.17) is 18.0 Å². The standard InChI is InChI=1S/C14H14N2O2S/c1-8(13(15)19)16-14(18)11-7-6-9-4-2-3-5-10(9)12(11)17/h2-8,17H,1H3,(H2,15,19)(H,16,18). The van der Waals surface area contributed by atoms with Crippen LogP contribution in [0.25, 0.3) is 10.8 Å². The number of rotatable bonds is 3. The molecule has 0 aliphatic carbocycles. The molecule has 5 heteroatoms. The summed E-state index contributed by atoms with van der Waals surface area (Å²) < 4.78 is 0. The Morgan fingerprint density at radius 3 is 2.68 bits per heavy atom. The van der Waals surface area contributed by atoms with E-state index in [9.17, 15) is 9.90 Å². The highest BCUT2D eigenvalue weighted by atomic mass is 32.1. The fraction of sp³-hybridized carbons (Fsp3) is 0.143. The van der Waals surface area contributed by atoms with Crippen LogP contribution < -0.4 is 11.1 Å². The molecule has 2 aromatic rings. The Balaban J connectivity index is 2.38. The van der Waals surface area contributed by atoms with Crippen LogP contribution in [-0.2, 0) is 0 Å². The second-order valence-electron chi connectivity index (χ2n) is 4.28. The molecule has 2 aromatic carbocycles. The zero-order chi connectivity index (χ0) is 14.0. The van der Waals surface area contributed by atoms with Gasteiger partial charge in [0.2, 0.25) is 0 Å². The first kappa shape index (κ1) is 13.3. The van der Waals surface area contributed by atoms with Crippen LogP contribution in [0.1, 0.15) is 17.3 Å². The van der Waals surface area contributed by atoms with Crippen LogP contribution >= 0.6 is 12.2 Å². The van der Waals surface area contributed by atoms with Crippen LogP contribution in [-0.4, -0.2) is 22.0 Å². The normalized spacial score (nSPS) is 12.1. The van der Waals surface area contributed by atoms with Crippen LogP contribution in [0, 0.1) is 0 Å². The average molecular weight is 274 g/mol. The summed E-state index contributed by atoms with van der Waals surface area (Å²) in [7, 11) is 0. The van der Waals surface area contributed by atoms with Crippen molar-refractivity contribution in [3.8, 4) is 5.75 Å². The fourth-order valence-corrected chi connectivity index (χ4v) is 1.84. The maximum atomic E-state index is 12.0. The third kappa shape index (κ3) is 2.66. The molecule has 0 aliphatic rings. The van der Waals surface area contributed by atoms with Crippen molar-refractivity contribution in [1.82, 2.24) is 5.32 Å². The number of phenols is 1. The molecule has 1 unspecified atom stereocenters. The number of nitrogens with two attached hydrogens (primary N) is 1. The number of phenolic OH excluding ortho intramolecular Hbond substituents is 1. The Bertz CT molecular complexity index is 655. The zero-order valence-corrected chi connectivity index (χ0v) is 11.2. The van der Waals surface area contributed by atoms with Crippen molar-refractivity contribution in [1.29, 1.82) is 0 Å². The molecule has 0 bridgehead atoms. The highest BCUT2D eigenvalue weighted by Gasteiger charge is 2.16. The first-order valence-corrected chi connectivity index (χ1v) is 6.22. The van der Waals surface area contributed by atoms with Gasteiger partial charge in [0, 0.05) is 5.39 Å². The van der Waals surface area contributed by atoms with Crippen molar-refractivity contribution in [2.45, 2.75) is 13.0 Å². The number of amides is 1. The van der Waals surface area contributed by atoms with Crippen LogP contribution in [0.2, 0.25) is 0 Å². The summed E-state index contributed by atoms with van der Waals surface area (Å²) in [5.41, 5.74) is 5.66. The van der Waals surface area contributed by atoms with E-state index in [1.165, 1.54) is 0 Å². The van der Waals surface area contributed by atoms with Crippen molar-refractivity contribution in [2.75, 3.05) is 0 Å².